The molecule has 1 saturated heterocycles. The molecule has 1 unspecified atom stereocenters. The molecular formula is C16H21NO3. The normalized spacial score (nSPS) is 19.5. The van der Waals surface area contributed by atoms with Crippen LogP contribution in [0.1, 0.15) is 18.1 Å². The molecule has 4 nitrogen and oxygen atoms in total. The Morgan fingerprint density at radius 3 is 2.85 bits per heavy atom. The molecule has 1 N–H and O–H groups in total. The number of carbonyl (C=O) groups is 1. The fraction of sp³-hybridized carbons (Fsp3) is 0.438. The van der Waals surface area contributed by atoms with Crippen molar-refractivity contribution in [3.05, 3.63) is 41.5 Å². The van der Waals surface area contributed by atoms with Crippen molar-refractivity contribution in [2.24, 2.45) is 0 Å². The lowest BCUT2D eigenvalue weighted by molar-refractivity contribution is -0.134. The van der Waals surface area contributed by atoms with Gasteiger partial charge in [-0.05, 0) is 23.6 Å². The van der Waals surface area contributed by atoms with Crippen molar-refractivity contribution in [2.75, 3.05) is 26.3 Å². The first-order valence-electron chi connectivity index (χ1n) is 7.01. The van der Waals surface area contributed by atoms with Crippen molar-refractivity contribution in [1.82, 2.24) is 4.90 Å². The molecule has 1 aromatic rings. The highest BCUT2D eigenvalue weighted by atomic mass is 16.5. The average molecular weight is 275 g/mol. The zero-order valence-corrected chi connectivity index (χ0v) is 11.8. The van der Waals surface area contributed by atoms with Gasteiger partial charge in [-0.25, -0.2) is 0 Å². The van der Waals surface area contributed by atoms with E-state index < -0.39 is 0 Å². The van der Waals surface area contributed by atoms with Gasteiger partial charge in [0.2, 0.25) is 5.91 Å². The SMILES string of the molecule is CCc1ccc(/C=C/C(=O)N2CCOC(CO)C2)cc1. The van der Waals surface area contributed by atoms with Gasteiger partial charge in [0, 0.05) is 19.2 Å². The number of aliphatic hydroxyl groups excluding tert-OH is 1. The Kier molecular flexibility index (Phi) is 5.32. The van der Waals surface area contributed by atoms with Gasteiger partial charge >= 0.3 is 0 Å². The predicted octanol–water partition coefficient (Wildman–Crippen LogP) is 1.48. The zero-order valence-electron chi connectivity index (χ0n) is 11.8. The van der Waals surface area contributed by atoms with Crippen LogP contribution in [-0.2, 0) is 16.0 Å². The van der Waals surface area contributed by atoms with E-state index in [-0.39, 0.29) is 18.6 Å². The number of amides is 1. The van der Waals surface area contributed by atoms with Gasteiger partial charge in [-0.2, -0.15) is 0 Å². The molecule has 1 aliphatic heterocycles. The molecule has 0 bridgehead atoms. The number of nitrogens with zero attached hydrogens (tertiary/aromatic N) is 1. The molecule has 1 atom stereocenters. The van der Waals surface area contributed by atoms with E-state index in [1.165, 1.54) is 5.56 Å². The largest absolute Gasteiger partial charge is 0.394 e. The van der Waals surface area contributed by atoms with E-state index in [1.807, 2.05) is 18.2 Å². The Bertz CT molecular complexity index is 467. The van der Waals surface area contributed by atoms with Crippen LogP contribution < -0.4 is 0 Å². The molecule has 20 heavy (non-hydrogen) atoms. The smallest absolute Gasteiger partial charge is 0.246 e. The van der Waals surface area contributed by atoms with Crippen LogP contribution in [0.4, 0.5) is 0 Å². The first kappa shape index (κ1) is 14.8. The Morgan fingerprint density at radius 2 is 2.20 bits per heavy atom. The van der Waals surface area contributed by atoms with Crippen molar-refractivity contribution in [2.45, 2.75) is 19.4 Å². The van der Waals surface area contributed by atoms with Gasteiger partial charge in [-0.15, -0.1) is 0 Å². The molecule has 1 aliphatic rings. The van der Waals surface area contributed by atoms with Crippen molar-refractivity contribution < 1.29 is 14.6 Å². The van der Waals surface area contributed by atoms with Gasteiger partial charge in [0.1, 0.15) is 0 Å². The number of ether oxygens (including phenoxy) is 1. The molecule has 4 heteroatoms. The molecule has 0 spiro atoms. The van der Waals surface area contributed by atoms with Crippen molar-refractivity contribution >= 4 is 12.0 Å². The van der Waals surface area contributed by atoms with Gasteiger partial charge in [0.25, 0.3) is 0 Å². The van der Waals surface area contributed by atoms with E-state index >= 15 is 0 Å². The highest BCUT2D eigenvalue weighted by Gasteiger charge is 2.21. The second-order valence-electron chi connectivity index (χ2n) is 4.89. The minimum Gasteiger partial charge on any atom is -0.394 e. The summed E-state index contributed by atoms with van der Waals surface area (Å²) < 4.78 is 5.33. The molecule has 2 rings (SSSR count). The van der Waals surface area contributed by atoms with Crippen LogP contribution in [0, 0.1) is 0 Å². The lowest BCUT2D eigenvalue weighted by Gasteiger charge is -2.31. The Balaban J connectivity index is 1.94. The molecule has 108 valence electrons. The number of hydrogen-bond donors (Lipinski definition) is 1. The number of hydrogen-bond acceptors (Lipinski definition) is 3. The van der Waals surface area contributed by atoms with Crippen LogP contribution in [0.25, 0.3) is 6.08 Å². The first-order chi connectivity index (χ1) is 9.72. The molecule has 0 aliphatic carbocycles. The highest BCUT2D eigenvalue weighted by molar-refractivity contribution is 5.91. The van der Waals surface area contributed by atoms with E-state index in [2.05, 4.69) is 19.1 Å². The van der Waals surface area contributed by atoms with E-state index in [9.17, 15) is 4.79 Å². The van der Waals surface area contributed by atoms with Crippen LogP contribution in [0.2, 0.25) is 0 Å². The molecular weight excluding hydrogens is 254 g/mol. The molecule has 0 saturated carbocycles. The predicted molar refractivity (Wildman–Crippen MR) is 78.3 cm³/mol. The maximum Gasteiger partial charge on any atom is 0.246 e. The Morgan fingerprint density at radius 1 is 1.45 bits per heavy atom. The van der Waals surface area contributed by atoms with Gasteiger partial charge in [0.15, 0.2) is 0 Å². The molecule has 1 amide bonds. The summed E-state index contributed by atoms with van der Waals surface area (Å²) in [7, 11) is 0. The number of carbonyl (C=O) groups excluding carboxylic acids is 1. The Hall–Kier alpha value is -1.65. The third kappa shape index (κ3) is 3.92. The van der Waals surface area contributed by atoms with E-state index in [4.69, 9.17) is 9.84 Å². The number of benzene rings is 1. The first-order valence-corrected chi connectivity index (χ1v) is 7.01. The molecule has 0 aromatic heterocycles. The van der Waals surface area contributed by atoms with Crippen molar-refractivity contribution in [1.29, 1.82) is 0 Å². The number of rotatable bonds is 4. The summed E-state index contributed by atoms with van der Waals surface area (Å²) in [5.74, 6) is -0.0358. The topological polar surface area (TPSA) is 49.8 Å². The quantitative estimate of drug-likeness (QED) is 0.847. The van der Waals surface area contributed by atoms with E-state index in [0.29, 0.717) is 19.7 Å². The zero-order chi connectivity index (χ0) is 14.4. The minimum absolute atomic E-state index is 0.0358. The van der Waals surface area contributed by atoms with E-state index in [0.717, 1.165) is 12.0 Å². The third-order valence-electron chi connectivity index (χ3n) is 3.46. The lowest BCUT2D eigenvalue weighted by Crippen LogP contribution is -2.46. The maximum atomic E-state index is 12.1. The fourth-order valence-corrected chi connectivity index (χ4v) is 2.17. The van der Waals surface area contributed by atoms with Crippen LogP contribution in [0.5, 0.6) is 0 Å². The van der Waals surface area contributed by atoms with Crippen LogP contribution >= 0.6 is 0 Å². The number of aliphatic hydroxyl groups is 1. The van der Waals surface area contributed by atoms with Crippen molar-refractivity contribution in [3.8, 4) is 0 Å². The summed E-state index contributed by atoms with van der Waals surface area (Å²) in [6.45, 7) is 3.58. The summed E-state index contributed by atoms with van der Waals surface area (Å²) in [6, 6.07) is 8.16. The maximum absolute atomic E-state index is 12.1. The molecule has 1 heterocycles. The second-order valence-corrected chi connectivity index (χ2v) is 4.89. The van der Waals surface area contributed by atoms with Gasteiger partial charge in [-0.3, -0.25) is 4.79 Å². The third-order valence-corrected chi connectivity index (χ3v) is 3.46. The average Bonchev–Trinajstić information content (AvgIpc) is 2.53. The second kappa shape index (κ2) is 7.22. The Labute approximate surface area is 119 Å². The van der Waals surface area contributed by atoms with E-state index in [1.54, 1.807) is 11.0 Å². The minimum atomic E-state index is -0.259. The van der Waals surface area contributed by atoms with Crippen LogP contribution in [0.15, 0.2) is 30.3 Å². The van der Waals surface area contributed by atoms with Crippen molar-refractivity contribution in [3.63, 3.8) is 0 Å². The molecule has 1 aromatic carbocycles. The van der Waals surface area contributed by atoms with Crippen LogP contribution in [0.3, 0.4) is 0 Å². The van der Waals surface area contributed by atoms with Gasteiger partial charge in [0.05, 0.1) is 19.3 Å². The standard InChI is InChI=1S/C16H21NO3/c1-2-13-3-5-14(6-4-13)7-8-16(19)17-9-10-20-15(11-17)12-18/h3-8,15,18H,2,9-12H2,1H3/b8-7+. The molecule has 1 fully saturated rings. The summed E-state index contributed by atoms with van der Waals surface area (Å²) in [4.78, 5) is 13.8. The van der Waals surface area contributed by atoms with Gasteiger partial charge in [-0.1, -0.05) is 31.2 Å². The summed E-state index contributed by atoms with van der Waals surface area (Å²) in [6.07, 6.45) is 4.16. The summed E-state index contributed by atoms with van der Waals surface area (Å²) in [5, 5.41) is 9.07. The lowest BCUT2D eigenvalue weighted by atomic mass is 10.1. The number of morpholine rings is 1. The molecule has 0 radical (unpaired) electrons. The fourth-order valence-electron chi connectivity index (χ4n) is 2.17. The highest BCUT2D eigenvalue weighted by Crippen LogP contribution is 2.09. The monoisotopic (exact) mass is 275 g/mol. The summed E-state index contributed by atoms with van der Waals surface area (Å²) in [5.41, 5.74) is 2.30. The number of aryl methyl sites for hydroxylation is 1. The summed E-state index contributed by atoms with van der Waals surface area (Å²) >= 11 is 0. The van der Waals surface area contributed by atoms with Crippen LogP contribution in [-0.4, -0.2) is 48.3 Å². The van der Waals surface area contributed by atoms with Gasteiger partial charge < -0.3 is 14.7 Å².